The van der Waals surface area contributed by atoms with Gasteiger partial charge in [-0.05, 0) is 31.2 Å². The zero-order chi connectivity index (χ0) is 9.68. The van der Waals surface area contributed by atoms with Gasteiger partial charge in [-0.3, -0.25) is 0 Å². The highest BCUT2D eigenvalue weighted by molar-refractivity contribution is 4.76. The molecule has 0 amide bonds. The summed E-state index contributed by atoms with van der Waals surface area (Å²) in [5.41, 5.74) is 5.72. The third-order valence-corrected chi connectivity index (χ3v) is 2.79. The van der Waals surface area contributed by atoms with Crippen molar-refractivity contribution in [3.05, 3.63) is 0 Å². The molecule has 0 heterocycles. The Balaban J connectivity index is 2.27. The molecule has 0 radical (unpaired) electrons. The lowest BCUT2D eigenvalue weighted by atomic mass is 9.86. The Kier molecular flexibility index (Phi) is 4.74. The molecule has 0 aromatic rings. The molecule has 0 saturated heterocycles. The average Bonchev–Trinajstić information content (AvgIpc) is 2.15. The lowest BCUT2D eigenvalue weighted by Crippen LogP contribution is -2.33. The van der Waals surface area contributed by atoms with E-state index in [0.717, 1.165) is 13.2 Å². The Hall–Kier alpha value is -0.0800. The second kappa shape index (κ2) is 5.61. The van der Waals surface area contributed by atoms with Gasteiger partial charge in [0.25, 0.3) is 0 Å². The molecule has 2 unspecified atom stereocenters. The van der Waals surface area contributed by atoms with Crippen molar-refractivity contribution < 1.29 is 4.74 Å². The van der Waals surface area contributed by atoms with E-state index in [2.05, 4.69) is 13.8 Å². The molecule has 2 nitrogen and oxygen atoms in total. The van der Waals surface area contributed by atoms with Crippen molar-refractivity contribution in [2.24, 2.45) is 17.6 Å². The lowest BCUT2D eigenvalue weighted by molar-refractivity contribution is -0.0197. The van der Waals surface area contributed by atoms with Crippen LogP contribution in [0, 0.1) is 11.8 Å². The molecular formula is C11H23NO. The van der Waals surface area contributed by atoms with Crippen LogP contribution in [0.4, 0.5) is 0 Å². The van der Waals surface area contributed by atoms with E-state index in [1.807, 2.05) is 0 Å². The van der Waals surface area contributed by atoms with E-state index < -0.39 is 0 Å². The van der Waals surface area contributed by atoms with E-state index in [0.29, 0.717) is 17.9 Å². The van der Waals surface area contributed by atoms with Crippen molar-refractivity contribution in [1.82, 2.24) is 0 Å². The molecule has 1 saturated carbocycles. The van der Waals surface area contributed by atoms with Gasteiger partial charge in [0.2, 0.25) is 0 Å². The van der Waals surface area contributed by atoms with Gasteiger partial charge in [-0.15, -0.1) is 0 Å². The fraction of sp³-hybridized carbons (Fsp3) is 1.00. The lowest BCUT2D eigenvalue weighted by Gasteiger charge is -2.31. The van der Waals surface area contributed by atoms with Gasteiger partial charge in [0.1, 0.15) is 0 Å². The van der Waals surface area contributed by atoms with Gasteiger partial charge in [-0.25, -0.2) is 0 Å². The van der Waals surface area contributed by atoms with Crippen LogP contribution in [0.25, 0.3) is 0 Å². The molecule has 1 aliphatic carbocycles. The van der Waals surface area contributed by atoms with Crippen LogP contribution in [-0.2, 0) is 4.74 Å². The Labute approximate surface area is 81.8 Å². The van der Waals surface area contributed by atoms with Crippen LogP contribution in [-0.4, -0.2) is 19.3 Å². The molecular weight excluding hydrogens is 162 g/mol. The molecule has 78 valence electrons. The molecule has 1 fully saturated rings. The number of ether oxygens (including phenoxy) is 1. The summed E-state index contributed by atoms with van der Waals surface area (Å²) < 4.78 is 5.87. The van der Waals surface area contributed by atoms with Crippen LogP contribution < -0.4 is 5.73 Å². The summed E-state index contributed by atoms with van der Waals surface area (Å²) in [6.45, 7) is 6.07. The fourth-order valence-electron chi connectivity index (χ4n) is 1.98. The van der Waals surface area contributed by atoms with Gasteiger partial charge in [-0.2, -0.15) is 0 Å². The largest absolute Gasteiger partial charge is 0.378 e. The van der Waals surface area contributed by atoms with Crippen LogP contribution >= 0.6 is 0 Å². The highest BCUT2D eigenvalue weighted by atomic mass is 16.5. The van der Waals surface area contributed by atoms with E-state index in [4.69, 9.17) is 10.5 Å². The van der Waals surface area contributed by atoms with Gasteiger partial charge in [0.05, 0.1) is 6.10 Å². The predicted molar refractivity (Wildman–Crippen MR) is 55.6 cm³/mol. The molecule has 0 aromatic heterocycles. The summed E-state index contributed by atoms with van der Waals surface area (Å²) in [6.07, 6.45) is 5.58. The van der Waals surface area contributed by atoms with Crippen molar-refractivity contribution in [2.75, 3.05) is 13.2 Å². The van der Waals surface area contributed by atoms with Crippen LogP contribution in [0.2, 0.25) is 0 Å². The van der Waals surface area contributed by atoms with Gasteiger partial charge in [0, 0.05) is 6.61 Å². The van der Waals surface area contributed by atoms with Crippen LogP contribution in [0.1, 0.15) is 39.5 Å². The van der Waals surface area contributed by atoms with Gasteiger partial charge >= 0.3 is 0 Å². The minimum absolute atomic E-state index is 0.446. The molecule has 0 bridgehead atoms. The standard InChI is InChI=1S/C11H23NO/c1-9(2)8-13-11-6-4-3-5-10(11)7-12/h9-11H,3-8,12H2,1-2H3. The minimum Gasteiger partial charge on any atom is -0.378 e. The van der Waals surface area contributed by atoms with Crippen molar-refractivity contribution >= 4 is 0 Å². The monoisotopic (exact) mass is 185 g/mol. The zero-order valence-corrected chi connectivity index (χ0v) is 8.96. The summed E-state index contributed by atoms with van der Waals surface area (Å²) in [5.74, 6) is 1.26. The first-order valence-electron chi connectivity index (χ1n) is 5.55. The minimum atomic E-state index is 0.446. The maximum absolute atomic E-state index is 5.87. The first kappa shape index (κ1) is 11.0. The summed E-state index contributed by atoms with van der Waals surface area (Å²) >= 11 is 0. The smallest absolute Gasteiger partial charge is 0.0615 e. The van der Waals surface area contributed by atoms with Crippen molar-refractivity contribution in [1.29, 1.82) is 0 Å². The Morgan fingerprint density at radius 2 is 2.00 bits per heavy atom. The van der Waals surface area contributed by atoms with Gasteiger partial charge in [0.15, 0.2) is 0 Å². The van der Waals surface area contributed by atoms with Crippen molar-refractivity contribution in [3.8, 4) is 0 Å². The zero-order valence-electron chi connectivity index (χ0n) is 8.96. The maximum atomic E-state index is 5.87. The predicted octanol–water partition coefficient (Wildman–Crippen LogP) is 2.18. The highest BCUT2D eigenvalue weighted by Gasteiger charge is 2.24. The van der Waals surface area contributed by atoms with Gasteiger partial charge < -0.3 is 10.5 Å². The second-order valence-electron chi connectivity index (χ2n) is 4.55. The molecule has 1 aliphatic rings. The first-order valence-corrected chi connectivity index (χ1v) is 5.55. The number of rotatable bonds is 4. The molecule has 0 aromatic carbocycles. The molecule has 0 spiro atoms. The van der Waals surface area contributed by atoms with E-state index >= 15 is 0 Å². The normalized spacial score (nSPS) is 29.5. The van der Waals surface area contributed by atoms with Crippen LogP contribution in [0.5, 0.6) is 0 Å². The molecule has 1 rings (SSSR count). The van der Waals surface area contributed by atoms with Crippen LogP contribution in [0.3, 0.4) is 0 Å². The topological polar surface area (TPSA) is 35.2 Å². The molecule has 2 heteroatoms. The van der Waals surface area contributed by atoms with E-state index in [-0.39, 0.29) is 0 Å². The summed E-state index contributed by atoms with van der Waals surface area (Å²) in [7, 11) is 0. The Bertz CT molecular complexity index is 136. The Morgan fingerprint density at radius 3 is 2.62 bits per heavy atom. The fourth-order valence-corrected chi connectivity index (χ4v) is 1.98. The summed E-state index contributed by atoms with van der Waals surface area (Å²) in [4.78, 5) is 0. The molecule has 2 atom stereocenters. The highest BCUT2D eigenvalue weighted by Crippen LogP contribution is 2.26. The molecule has 13 heavy (non-hydrogen) atoms. The average molecular weight is 185 g/mol. The molecule has 2 N–H and O–H groups in total. The maximum Gasteiger partial charge on any atom is 0.0615 e. The number of hydrogen-bond donors (Lipinski definition) is 1. The summed E-state index contributed by atoms with van der Waals surface area (Å²) in [5, 5.41) is 0. The summed E-state index contributed by atoms with van der Waals surface area (Å²) in [6, 6.07) is 0. The second-order valence-corrected chi connectivity index (χ2v) is 4.55. The third kappa shape index (κ3) is 3.65. The van der Waals surface area contributed by atoms with Crippen LogP contribution in [0.15, 0.2) is 0 Å². The molecule has 0 aliphatic heterocycles. The van der Waals surface area contributed by atoms with Crippen molar-refractivity contribution in [3.63, 3.8) is 0 Å². The van der Waals surface area contributed by atoms with E-state index in [1.165, 1.54) is 25.7 Å². The first-order chi connectivity index (χ1) is 6.24. The Morgan fingerprint density at radius 1 is 1.31 bits per heavy atom. The number of nitrogens with two attached hydrogens (primary N) is 1. The van der Waals surface area contributed by atoms with E-state index in [9.17, 15) is 0 Å². The van der Waals surface area contributed by atoms with Crippen molar-refractivity contribution in [2.45, 2.75) is 45.6 Å². The third-order valence-electron chi connectivity index (χ3n) is 2.79. The quantitative estimate of drug-likeness (QED) is 0.728. The van der Waals surface area contributed by atoms with Gasteiger partial charge in [-0.1, -0.05) is 26.7 Å². The van der Waals surface area contributed by atoms with E-state index in [1.54, 1.807) is 0 Å². The SMILES string of the molecule is CC(C)COC1CCCCC1CN. The number of hydrogen-bond acceptors (Lipinski definition) is 2.